The van der Waals surface area contributed by atoms with Gasteiger partial charge in [0.25, 0.3) is 0 Å². The molecule has 2 rings (SSSR count). The summed E-state index contributed by atoms with van der Waals surface area (Å²) in [6.45, 7) is 0. The number of hydrogen-bond donors (Lipinski definition) is 2. The maximum absolute atomic E-state index is 12.9. The zero-order chi connectivity index (χ0) is 14.0. The number of nitrogen functional groups attached to an aromatic ring is 1. The minimum Gasteiger partial charge on any atom is -0.399 e. The molecule has 0 aliphatic carbocycles. The van der Waals surface area contributed by atoms with E-state index in [0.717, 1.165) is 6.07 Å². The third kappa shape index (κ3) is 3.62. The summed E-state index contributed by atoms with van der Waals surface area (Å²) >= 11 is 0. The van der Waals surface area contributed by atoms with Gasteiger partial charge in [-0.25, -0.2) is 0 Å². The standard InChI is InChI=1S/C12H15F3N2OS/c13-12(14,15)10-7-8(16)1-2-11(10)17-9-3-5-19(18)6-4-9/h1-2,7,9,17H,3-6,16H2. The molecule has 1 aromatic carbocycles. The Morgan fingerprint density at radius 3 is 2.47 bits per heavy atom. The summed E-state index contributed by atoms with van der Waals surface area (Å²) in [6.07, 6.45) is -3.20. The molecule has 3 N–H and O–H groups in total. The lowest BCUT2D eigenvalue weighted by molar-refractivity contribution is -0.136. The summed E-state index contributed by atoms with van der Waals surface area (Å²) in [5.74, 6) is 1.07. The molecule has 0 spiro atoms. The van der Waals surface area contributed by atoms with Crippen molar-refractivity contribution in [1.29, 1.82) is 0 Å². The van der Waals surface area contributed by atoms with E-state index in [9.17, 15) is 17.4 Å². The summed E-state index contributed by atoms with van der Waals surface area (Å²) in [5, 5.41) is 2.89. The van der Waals surface area contributed by atoms with Gasteiger partial charge in [-0.3, -0.25) is 4.21 Å². The highest BCUT2D eigenvalue weighted by molar-refractivity contribution is 7.85. The van der Waals surface area contributed by atoms with Crippen LogP contribution in [0.3, 0.4) is 0 Å². The molecule has 0 unspecified atom stereocenters. The van der Waals surface area contributed by atoms with Crippen molar-refractivity contribution in [3.05, 3.63) is 23.8 Å². The Morgan fingerprint density at radius 2 is 1.89 bits per heavy atom. The van der Waals surface area contributed by atoms with E-state index >= 15 is 0 Å². The van der Waals surface area contributed by atoms with Crippen molar-refractivity contribution in [2.75, 3.05) is 22.6 Å². The Kier molecular flexibility index (Phi) is 4.03. The highest BCUT2D eigenvalue weighted by atomic mass is 32.2. The fourth-order valence-corrected chi connectivity index (χ4v) is 3.38. The van der Waals surface area contributed by atoms with Crippen molar-refractivity contribution >= 4 is 22.2 Å². The van der Waals surface area contributed by atoms with Crippen LogP contribution in [0.5, 0.6) is 0 Å². The average molecular weight is 292 g/mol. The molecule has 7 heteroatoms. The van der Waals surface area contributed by atoms with E-state index in [0.29, 0.717) is 24.3 Å². The molecule has 1 saturated heterocycles. The number of anilines is 2. The van der Waals surface area contributed by atoms with Gasteiger partial charge in [0.15, 0.2) is 0 Å². The van der Waals surface area contributed by atoms with Gasteiger partial charge in [0.2, 0.25) is 0 Å². The van der Waals surface area contributed by atoms with Crippen LogP contribution in [-0.4, -0.2) is 21.8 Å². The van der Waals surface area contributed by atoms with E-state index in [4.69, 9.17) is 5.73 Å². The average Bonchev–Trinajstić information content (AvgIpc) is 2.33. The molecule has 106 valence electrons. The van der Waals surface area contributed by atoms with Crippen LogP contribution in [0.15, 0.2) is 18.2 Å². The SMILES string of the molecule is Nc1ccc(NC2CCS(=O)CC2)c(C(F)(F)F)c1. The molecule has 0 radical (unpaired) electrons. The molecular formula is C12H15F3N2OS. The Labute approximate surface area is 111 Å². The van der Waals surface area contributed by atoms with Gasteiger partial charge in [0.05, 0.1) is 5.56 Å². The Balaban J connectivity index is 2.18. The van der Waals surface area contributed by atoms with Gasteiger partial charge in [-0.15, -0.1) is 0 Å². The molecule has 19 heavy (non-hydrogen) atoms. The maximum atomic E-state index is 12.9. The predicted molar refractivity (Wildman–Crippen MR) is 70.4 cm³/mol. The summed E-state index contributed by atoms with van der Waals surface area (Å²) in [7, 11) is -0.827. The van der Waals surface area contributed by atoms with E-state index in [1.807, 2.05) is 0 Å². The number of halogens is 3. The van der Waals surface area contributed by atoms with Crippen LogP contribution in [-0.2, 0) is 17.0 Å². The quantitative estimate of drug-likeness (QED) is 0.824. The zero-order valence-corrected chi connectivity index (χ0v) is 11.0. The largest absolute Gasteiger partial charge is 0.418 e. The van der Waals surface area contributed by atoms with E-state index in [2.05, 4.69) is 5.32 Å². The van der Waals surface area contributed by atoms with Crippen molar-refractivity contribution in [1.82, 2.24) is 0 Å². The maximum Gasteiger partial charge on any atom is 0.418 e. The lowest BCUT2D eigenvalue weighted by Crippen LogP contribution is -2.30. The highest BCUT2D eigenvalue weighted by Gasteiger charge is 2.34. The molecule has 1 aliphatic heterocycles. The summed E-state index contributed by atoms with van der Waals surface area (Å²) in [5.41, 5.74) is 4.78. The molecule has 1 aromatic rings. The Morgan fingerprint density at radius 1 is 1.26 bits per heavy atom. The van der Waals surface area contributed by atoms with E-state index in [-0.39, 0.29) is 17.4 Å². The molecule has 0 amide bonds. The fraction of sp³-hybridized carbons (Fsp3) is 0.500. The number of hydrogen-bond acceptors (Lipinski definition) is 3. The van der Waals surface area contributed by atoms with Gasteiger partial charge in [-0.05, 0) is 31.0 Å². The molecule has 0 atom stereocenters. The number of nitrogens with one attached hydrogen (secondary N) is 1. The second kappa shape index (κ2) is 5.40. The zero-order valence-electron chi connectivity index (χ0n) is 10.2. The van der Waals surface area contributed by atoms with Crippen LogP contribution in [0, 0.1) is 0 Å². The first kappa shape index (κ1) is 14.2. The highest BCUT2D eigenvalue weighted by Crippen LogP contribution is 2.36. The lowest BCUT2D eigenvalue weighted by Gasteiger charge is -2.25. The molecule has 1 aliphatic rings. The Hall–Kier alpha value is -1.24. The van der Waals surface area contributed by atoms with Crippen molar-refractivity contribution in [3.8, 4) is 0 Å². The second-order valence-electron chi connectivity index (χ2n) is 4.57. The molecule has 1 heterocycles. The van der Waals surface area contributed by atoms with E-state index in [1.54, 1.807) is 0 Å². The topological polar surface area (TPSA) is 55.1 Å². The summed E-state index contributed by atoms with van der Waals surface area (Å²) in [4.78, 5) is 0. The molecular weight excluding hydrogens is 277 g/mol. The minimum absolute atomic E-state index is 0.0411. The number of rotatable bonds is 2. The fourth-order valence-electron chi connectivity index (χ4n) is 2.08. The lowest BCUT2D eigenvalue weighted by atomic mass is 10.1. The molecule has 3 nitrogen and oxygen atoms in total. The van der Waals surface area contributed by atoms with Gasteiger partial charge in [-0.1, -0.05) is 0 Å². The van der Waals surface area contributed by atoms with Crippen molar-refractivity contribution in [2.45, 2.75) is 25.1 Å². The molecule has 0 bridgehead atoms. The van der Waals surface area contributed by atoms with Gasteiger partial charge < -0.3 is 11.1 Å². The van der Waals surface area contributed by atoms with Crippen LogP contribution in [0.25, 0.3) is 0 Å². The third-order valence-electron chi connectivity index (χ3n) is 3.10. The van der Waals surface area contributed by atoms with Gasteiger partial charge in [-0.2, -0.15) is 13.2 Å². The van der Waals surface area contributed by atoms with E-state index < -0.39 is 22.5 Å². The van der Waals surface area contributed by atoms with Gasteiger partial charge >= 0.3 is 6.18 Å². The summed E-state index contributed by atoms with van der Waals surface area (Å²) in [6, 6.07) is 3.66. The van der Waals surface area contributed by atoms with Crippen LogP contribution >= 0.6 is 0 Å². The van der Waals surface area contributed by atoms with Crippen molar-refractivity contribution < 1.29 is 17.4 Å². The van der Waals surface area contributed by atoms with Crippen LogP contribution < -0.4 is 11.1 Å². The monoisotopic (exact) mass is 292 g/mol. The number of nitrogens with two attached hydrogens (primary N) is 1. The third-order valence-corrected chi connectivity index (χ3v) is 4.48. The van der Waals surface area contributed by atoms with Crippen LogP contribution in [0.1, 0.15) is 18.4 Å². The number of alkyl halides is 3. The minimum atomic E-state index is -4.44. The molecule has 0 saturated carbocycles. The first-order valence-electron chi connectivity index (χ1n) is 5.94. The van der Waals surface area contributed by atoms with Crippen LogP contribution in [0.4, 0.5) is 24.5 Å². The first-order valence-corrected chi connectivity index (χ1v) is 7.43. The number of benzene rings is 1. The van der Waals surface area contributed by atoms with Crippen molar-refractivity contribution in [3.63, 3.8) is 0 Å². The Bertz CT molecular complexity index is 480. The normalized spacial score (nSPS) is 24.2. The first-order chi connectivity index (χ1) is 8.86. The summed E-state index contributed by atoms with van der Waals surface area (Å²) < 4.78 is 49.9. The smallest absolute Gasteiger partial charge is 0.399 e. The van der Waals surface area contributed by atoms with E-state index in [1.165, 1.54) is 12.1 Å². The van der Waals surface area contributed by atoms with Gasteiger partial charge in [0.1, 0.15) is 0 Å². The van der Waals surface area contributed by atoms with Gasteiger partial charge in [0, 0.05) is 39.7 Å². The molecule has 0 aromatic heterocycles. The van der Waals surface area contributed by atoms with Crippen molar-refractivity contribution in [2.24, 2.45) is 0 Å². The second-order valence-corrected chi connectivity index (χ2v) is 6.27. The van der Waals surface area contributed by atoms with Crippen LogP contribution in [0.2, 0.25) is 0 Å². The predicted octanol–water partition coefficient (Wildman–Crippen LogP) is 2.61. The molecule has 1 fully saturated rings.